The van der Waals surface area contributed by atoms with Crippen molar-refractivity contribution in [3.8, 4) is 17.6 Å². The molecule has 0 aliphatic carbocycles. The van der Waals surface area contributed by atoms with E-state index in [0.717, 1.165) is 6.42 Å². The molecular weight excluding hydrogens is 292 g/mol. The summed E-state index contributed by atoms with van der Waals surface area (Å²) in [4.78, 5) is 11.7. The molecular formula is C15H19ClN2O3. The molecule has 0 unspecified atom stereocenters. The van der Waals surface area contributed by atoms with Gasteiger partial charge >= 0.3 is 0 Å². The highest BCUT2D eigenvalue weighted by atomic mass is 35.5. The van der Waals surface area contributed by atoms with Gasteiger partial charge in [-0.2, -0.15) is 5.26 Å². The molecule has 0 aliphatic heterocycles. The minimum absolute atomic E-state index is 0.153. The SMILES string of the molecule is COc1cc(C#N)cc(Cl)c1OCC(=O)NCCC(C)C. The summed E-state index contributed by atoms with van der Waals surface area (Å²) in [6, 6.07) is 4.95. The molecule has 1 aromatic rings. The topological polar surface area (TPSA) is 71.3 Å². The molecule has 0 heterocycles. The highest BCUT2D eigenvalue weighted by Gasteiger charge is 2.13. The summed E-state index contributed by atoms with van der Waals surface area (Å²) in [6.45, 7) is 4.63. The summed E-state index contributed by atoms with van der Waals surface area (Å²) >= 11 is 6.03. The van der Waals surface area contributed by atoms with Crippen LogP contribution in [0.3, 0.4) is 0 Å². The van der Waals surface area contributed by atoms with Crippen LogP contribution in [0.5, 0.6) is 11.5 Å². The standard InChI is InChI=1S/C15H19ClN2O3/c1-10(2)4-5-18-14(19)9-21-15-12(16)6-11(8-17)7-13(15)20-3/h6-7,10H,4-5,9H2,1-3H3,(H,18,19). The summed E-state index contributed by atoms with van der Waals surface area (Å²) in [5.74, 6) is 0.892. The number of halogens is 1. The van der Waals surface area contributed by atoms with E-state index in [9.17, 15) is 4.79 Å². The van der Waals surface area contributed by atoms with E-state index in [1.807, 2.05) is 6.07 Å². The fourth-order valence-electron chi connectivity index (χ4n) is 1.61. The minimum Gasteiger partial charge on any atom is -0.493 e. The third kappa shape index (κ3) is 5.52. The highest BCUT2D eigenvalue weighted by molar-refractivity contribution is 6.32. The number of ether oxygens (including phenoxy) is 2. The third-order valence-electron chi connectivity index (χ3n) is 2.75. The number of carbonyl (C=O) groups is 1. The lowest BCUT2D eigenvalue weighted by Gasteiger charge is -2.13. The maximum Gasteiger partial charge on any atom is 0.257 e. The van der Waals surface area contributed by atoms with Crippen LogP contribution < -0.4 is 14.8 Å². The first kappa shape index (κ1) is 17.1. The molecule has 1 rings (SSSR count). The van der Waals surface area contributed by atoms with E-state index >= 15 is 0 Å². The van der Waals surface area contributed by atoms with E-state index in [-0.39, 0.29) is 23.3 Å². The van der Waals surface area contributed by atoms with Gasteiger partial charge < -0.3 is 14.8 Å². The van der Waals surface area contributed by atoms with Crippen LogP contribution in [0.15, 0.2) is 12.1 Å². The number of benzene rings is 1. The van der Waals surface area contributed by atoms with Gasteiger partial charge in [0.1, 0.15) is 0 Å². The zero-order valence-corrected chi connectivity index (χ0v) is 13.2. The molecule has 6 heteroatoms. The molecule has 1 aromatic carbocycles. The maximum atomic E-state index is 11.7. The Morgan fingerprint density at radius 2 is 2.19 bits per heavy atom. The van der Waals surface area contributed by atoms with E-state index in [1.165, 1.54) is 19.2 Å². The minimum atomic E-state index is -0.224. The molecule has 0 aliphatic rings. The Balaban J connectivity index is 2.63. The van der Waals surface area contributed by atoms with Crippen LogP contribution >= 0.6 is 11.6 Å². The number of amides is 1. The Kier molecular flexibility index (Phi) is 6.83. The second-order valence-electron chi connectivity index (χ2n) is 4.92. The predicted molar refractivity (Wildman–Crippen MR) is 80.7 cm³/mol. The van der Waals surface area contributed by atoms with Gasteiger partial charge in [0, 0.05) is 12.6 Å². The van der Waals surface area contributed by atoms with E-state index in [2.05, 4.69) is 19.2 Å². The van der Waals surface area contributed by atoms with Gasteiger partial charge in [0.05, 0.1) is 23.8 Å². The lowest BCUT2D eigenvalue weighted by Crippen LogP contribution is -2.30. The summed E-state index contributed by atoms with van der Waals surface area (Å²) < 4.78 is 10.5. The average molecular weight is 311 g/mol. The zero-order valence-electron chi connectivity index (χ0n) is 12.4. The monoisotopic (exact) mass is 310 g/mol. The molecule has 0 atom stereocenters. The molecule has 1 N–H and O–H groups in total. The number of hydrogen-bond donors (Lipinski definition) is 1. The molecule has 0 saturated heterocycles. The van der Waals surface area contributed by atoms with Gasteiger partial charge in [0.25, 0.3) is 5.91 Å². The Morgan fingerprint density at radius 3 is 2.76 bits per heavy atom. The lowest BCUT2D eigenvalue weighted by atomic mass is 10.1. The molecule has 21 heavy (non-hydrogen) atoms. The quantitative estimate of drug-likeness (QED) is 0.840. The maximum absolute atomic E-state index is 11.7. The van der Waals surface area contributed by atoms with Crippen molar-refractivity contribution in [1.29, 1.82) is 5.26 Å². The van der Waals surface area contributed by atoms with Gasteiger partial charge in [-0.3, -0.25) is 4.79 Å². The van der Waals surface area contributed by atoms with Crippen LogP contribution in [0.4, 0.5) is 0 Å². The summed E-state index contributed by atoms with van der Waals surface area (Å²) in [6.07, 6.45) is 0.909. The first-order valence-corrected chi connectivity index (χ1v) is 7.02. The molecule has 0 aromatic heterocycles. The van der Waals surface area contributed by atoms with Gasteiger partial charge in [0.2, 0.25) is 0 Å². The predicted octanol–water partition coefficient (Wildman–Crippen LogP) is 2.76. The first-order chi connectivity index (χ1) is 9.97. The zero-order chi connectivity index (χ0) is 15.8. The Morgan fingerprint density at radius 1 is 1.48 bits per heavy atom. The number of nitriles is 1. The lowest BCUT2D eigenvalue weighted by molar-refractivity contribution is -0.123. The smallest absolute Gasteiger partial charge is 0.257 e. The van der Waals surface area contributed by atoms with Crippen LogP contribution in [-0.2, 0) is 4.79 Å². The third-order valence-corrected chi connectivity index (χ3v) is 3.03. The molecule has 0 saturated carbocycles. The van der Waals surface area contributed by atoms with Crippen LogP contribution in [0.2, 0.25) is 5.02 Å². The Bertz CT molecular complexity index is 538. The van der Waals surface area contributed by atoms with Crippen LogP contribution in [0.25, 0.3) is 0 Å². The largest absolute Gasteiger partial charge is 0.493 e. The van der Waals surface area contributed by atoms with Crippen LogP contribution in [0, 0.1) is 17.2 Å². The van der Waals surface area contributed by atoms with Gasteiger partial charge in [-0.25, -0.2) is 0 Å². The fraction of sp³-hybridized carbons (Fsp3) is 0.467. The molecule has 0 bridgehead atoms. The average Bonchev–Trinajstić information content (AvgIpc) is 2.44. The van der Waals surface area contributed by atoms with Gasteiger partial charge in [0.15, 0.2) is 18.1 Å². The second kappa shape index (κ2) is 8.38. The van der Waals surface area contributed by atoms with Gasteiger partial charge in [-0.1, -0.05) is 25.4 Å². The van der Waals surface area contributed by atoms with Gasteiger partial charge in [-0.15, -0.1) is 0 Å². The number of nitrogens with one attached hydrogen (secondary N) is 1. The second-order valence-corrected chi connectivity index (χ2v) is 5.33. The summed E-state index contributed by atoms with van der Waals surface area (Å²) in [7, 11) is 1.45. The number of rotatable bonds is 7. The van der Waals surface area contributed by atoms with Crippen molar-refractivity contribution in [3.05, 3.63) is 22.7 Å². The van der Waals surface area contributed by atoms with E-state index in [0.29, 0.717) is 23.8 Å². The van der Waals surface area contributed by atoms with E-state index < -0.39 is 0 Å². The van der Waals surface area contributed by atoms with Crippen molar-refractivity contribution in [2.24, 2.45) is 5.92 Å². The fourth-order valence-corrected chi connectivity index (χ4v) is 1.88. The van der Waals surface area contributed by atoms with Crippen LogP contribution in [0.1, 0.15) is 25.8 Å². The van der Waals surface area contributed by atoms with Crippen molar-refractivity contribution in [2.45, 2.75) is 20.3 Å². The number of methoxy groups -OCH3 is 1. The number of nitrogens with zero attached hydrogens (tertiary/aromatic N) is 1. The Labute approximate surface area is 129 Å². The van der Waals surface area contributed by atoms with Crippen molar-refractivity contribution >= 4 is 17.5 Å². The Hall–Kier alpha value is -1.93. The molecule has 0 radical (unpaired) electrons. The summed E-state index contributed by atoms with van der Waals surface area (Å²) in [5.41, 5.74) is 0.366. The summed E-state index contributed by atoms with van der Waals surface area (Å²) in [5, 5.41) is 11.9. The highest BCUT2D eigenvalue weighted by Crippen LogP contribution is 2.36. The first-order valence-electron chi connectivity index (χ1n) is 6.65. The molecule has 1 amide bonds. The molecule has 5 nitrogen and oxygen atoms in total. The van der Waals surface area contributed by atoms with Crippen molar-refractivity contribution in [3.63, 3.8) is 0 Å². The van der Waals surface area contributed by atoms with E-state index in [4.69, 9.17) is 26.3 Å². The van der Waals surface area contributed by atoms with Crippen molar-refractivity contribution in [1.82, 2.24) is 5.32 Å². The molecule has 0 fully saturated rings. The number of carbonyl (C=O) groups excluding carboxylic acids is 1. The number of hydrogen-bond acceptors (Lipinski definition) is 4. The van der Waals surface area contributed by atoms with E-state index in [1.54, 1.807) is 0 Å². The molecule has 0 spiro atoms. The van der Waals surface area contributed by atoms with Crippen molar-refractivity contribution in [2.75, 3.05) is 20.3 Å². The van der Waals surface area contributed by atoms with Crippen molar-refractivity contribution < 1.29 is 14.3 Å². The van der Waals surface area contributed by atoms with Gasteiger partial charge in [-0.05, 0) is 18.4 Å². The van der Waals surface area contributed by atoms with Crippen LogP contribution in [-0.4, -0.2) is 26.2 Å². The normalized spacial score (nSPS) is 10.1. The molecule has 114 valence electrons.